The van der Waals surface area contributed by atoms with Crippen molar-refractivity contribution in [3.8, 4) is 0 Å². The molecule has 0 spiro atoms. The van der Waals surface area contributed by atoms with E-state index >= 15 is 0 Å². The van der Waals surface area contributed by atoms with Gasteiger partial charge in [0.15, 0.2) is 0 Å². The molecular formula is C36H34N4O8. The summed E-state index contributed by atoms with van der Waals surface area (Å²) in [7, 11) is 2.41. The molecular weight excluding hydrogens is 616 g/mol. The molecule has 0 unspecified atom stereocenters. The van der Waals surface area contributed by atoms with Crippen LogP contribution in [0.15, 0.2) is 85.2 Å². The highest BCUT2D eigenvalue weighted by atomic mass is 16.5. The summed E-state index contributed by atoms with van der Waals surface area (Å²) in [6.07, 6.45) is 3.27. The van der Waals surface area contributed by atoms with Crippen LogP contribution in [0.1, 0.15) is 45.7 Å². The molecule has 0 aliphatic carbocycles. The van der Waals surface area contributed by atoms with Crippen molar-refractivity contribution >= 4 is 57.1 Å². The average molecular weight is 651 g/mol. The lowest BCUT2D eigenvalue weighted by Gasteiger charge is -2.10. The van der Waals surface area contributed by atoms with E-state index in [4.69, 9.17) is 0 Å². The molecule has 2 amide bonds. The van der Waals surface area contributed by atoms with Crippen LogP contribution in [0.25, 0.3) is 21.8 Å². The molecule has 246 valence electrons. The van der Waals surface area contributed by atoms with Crippen molar-refractivity contribution in [3.05, 3.63) is 107 Å². The smallest absolute Gasteiger partial charge is 0.328 e. The number of carbonyl (C=O) groups is 6. The maximum Gasteiger partial charge on any atom is 0.328 e. The molecule has 2 aromatic heterocycles. The van der Waals surface area contributed by atoms with Gasteiger partial charge < -0.3 is 29.2 Å². The number of fused-ring (bicyclic) bond motifs is 2. The highest BCUT2D eigenvalue weighted by molar-refractivity contribution is 6.45. The van der Waals surface area contributed by atoms with E-state index in [0.717, 1.165) is 22.2 Å². The number of carbonyl (C=O) groups excluding carboxylic acids is 6. The van der Waals surface area contributed by atoms with Gasteiger partial charge >= 0.3 is 11.9 Å². The van der Waals surface area contributed by atoms with Crippen LogP contribution in [0, 0.1) is 0 Å². The molecule has 3 aromatic carbocycles. The second kappa shape index (κ2) is 14.2. The van der Waals surface area contributed by atoms with Crippen LogP contribution in [0.2, 0.25) is 0 Å². The zero-order valence-electron chi connectivity index (χ0n) is 26.8. The van der Waals surface area contributed by atoms with E-state index in [0.29, 0.717) is 23.9 Å². The number of hydrogen-bond acceptors (Lipinski definition) is 8. The van der Waals surface area contributed by atoms with Crippen LogP contribution in [0.5, 0.6) is 0 Å². The van der Waals surface area contributed by atoms with Gasteiger partial charge in [-0.1, -0.05) is 60.7 Å². The van der Waals surface area contributed by atoms with Crippen molar-refractivity contribution < 1.29 is 38.2 Å². The van der Waals surface area contributed by atoms with Gasteiger partial charge in [-0.3, -0.25) is 19.2 Å². The third kappa shape index (κ3) is 6.87. The van der Waals surface area contributed by atoms with Crippen LogP contribution in [-0.2, 0) is 41.7 Å². The minimum atomic E-state index is -0.976. The maximum atomic E-state index is 13.1. The molecule has 48 heavy (non-hydrogen) atoms. The van der Waals surface area contributed by atoms with Gasteiger partial charge in [-0.2, -0.15) is 0 Å². The first-order valence-corrected chi connectivity index (χ1v) is 15.1. The summed E-state index contributed by atoms with van der Waals surface area (Å²) >= 11 is 0. The Morgan fingerprint density at radius 1 is 0.583 bits per heavy atom. The molecule has 2 N–H and O–H groups in total. The van der Waals surface area contributed by atoms with Crippen LogP contribution in [-0.4, -0.2) is 70.8 Å². The Labute approximate surface area is 275 Å². The largest absolute Gasteiger partial charge is 0.467 e. The van der Waals surface area contributed by atoms with Crippen molar-refractivity contribution in [3.63, 3.8) is 0 Å². The fraction of sp³-hybridized carbons (Fsp3) is 0.222. The first kappa shape index (κ1) is 33.3. The standard InChI is InChI=1S/C36H34N4O8/c1-21(35(45)47-3)37-33(43)31(41)27-19-39(29-11-7-5-9-25(27)29)17-23-13-15-24(16-14-23)18-40-20-28(26-10-6-8-12-30(26)40)32(42)34(44)38-22(2)36(46)48-4/h5-16,19-22H,17-18H2,1-4H3,(H,37,43)(H,38,44)/t21-,22-/m0/s1. The molecule has 2 atom stereocenters. The summed E-state index contributed by atoms with van der Waals surface area (Å²) in [4.78, 5) is 75.0. The monoisotopic (exact) mass is 650 g/mol. The number of methoxy groups -OCH3 is 2. The Kier molecular flexibility index (Phi) is 9.83. The second-order valence-electron chi connectivity index (χ2n) is 11.3. The van der Waals surface area contributed by atoms with Gasteiger partial charge in [-0.05, 0) is 37.1 Å². The Balaban J connectivity index is 1.34. The van der Waals surface area contributed by atoms with Crippen molar-refractivity contribution in [2.75, 3.05) is 14.2 Å². The van der Waals surface area contributed by atoms with E-state index in [-0.39, 0.29) is 11.1 Å². The predicted molar refractivity (Wildman–Crippen MR) is 176 cm³/mol. The van der Waals surface area contributed by atoms with E-state index in [9.17, 15) is 28.8 Å². The molecule has 12 nitrogen and oxygen atoms in total. The minimum Gasteiger partial charge on any atom is -0.467 e. The van der Waals surface area contributed by atoms with Crippen LogP contribution >= 0.6 is 0 Å². The summed E-state index contributed by atoms with van der Waals surface area (Å²) < 4.78 is 13.0. The number of amides is 2. The van der Waals surface area contributed by atoms with Crippen LogP contribution in [0.4, 0.5) is 0 Å². The minimum absolute atomic E-state index is 0.218. The molecule has 0 fully saturated rings. The summed E-state index contributed by atoms with van der Waals surface area (Å²) in [6.45, 7) is 3.71. The third-order valence-electron chi connectivity index (χ3n) is 8.01. The summed E-state index contributed by atoms with van der Waals surface area (Å²) in [5.41, 5.74) is 3.84. The van der Waals surface area contributed by atoms with Gasteiger partial charge in [0.1, 0.15) is 12.1 Å². The lowest BCUT2D eigenvalue weighted by atomic mass is 10.1. The van der Waals surface area contributed by atoms with Gasteiger partial charge in [-0.25, -0.2) is 9.59 Å². The molecule has 0 aliphatic heterocycles. The number of benzene rings is 3. The SMILES string of the molecule is COC(=O)[C@H](C)NC(=O)C(=O)c1cn(Cc2ccc(Cn3cc(C(=O)C(=O)N[C@@H](C)C(=O)OC)c4ccccc43)cc2)c2ccccc12. The number of hydrogen-bond donors (Lipinski definition) is 2. The Bertz CT molecular complexity index is 1910. The molecule has 12 heteroatoms. The van der Waals surface area contributed by atoms with E-state index in [1.54, 1.807) is 36.7 Å². The molecule has 5 aromatic rings. The van der Waals surface area contributed by atoms with Gasteiger partial charge in [0.25, 0.3) is 23.4 Å². The molecule has 0 radical (unpaired) electrons. The van der Waals surface area contributed by atoms with Crippen molar-refractivity contribution in [1.82, 2.24) is 19.8 Å². The zero-order chi connectivity index (χ0) is 34.5. The Hall–Kier alpha value is -6.04. The quantitative estimate of drug-likeness (QED) is 0.118. The van der Waals surface area contributed by atoms with Gasteiger partial charge in [0, 0.05) is 47.3 Å². The Morgan fingerprint density at radius 2 is 0.938 bits per heavy atom. The van der Waals surface area contributed by atoms with Crippen LogP contribution < -0.4 is 10.6 Å². The van der Waals surface area contributed by atoms with Crippen molar-refractivity contribution in [1.29, 1.82) is 0 Å². The fourth-order valence-electron chi connectivity index (χ4n) is 5.50. The lowest BCUT2D eigenvalue weighted by Crippen LogP contribution is -2.42. The summed E-state index contributed by atoms with van der Waals surface area (Å²) in [6, 6.07) is 20.4. The molecule has 2 heterocycles. The lowest BCUT2D eigenvalue weighted by molar-refractivity contribution is -0.144. The number of aromatic nitrogens is 2. The average Bonchev–Trinajstić information content (AvgIpc) is 3.65. The third-order valence-corrected chi connectivity index (χ3v) is 8.01. The number of nitrogens with zero attached hydrogens (tertiary/aromatic N) is 2. The van der Waals surface area contributed by atoms with E-state index < -0.39 is 47.4 Å². The number of nitrogens with one attached hydrogen (secondary N) is 2. The predicted octanol–water partition coefficient (Wildman–Crippen LogP) is 3.41. The zero-order valence-corrected chi connectivity index (χ0v) is 26.8. The van der Waals surface area contributed by atoms with E-state index in [1.807, 2.05) is 57.7 Å². The first-order valence-electron chi connectivity index (χ1n) is 15.1. The highest BCUT2D eigenvalue weighted by Gasteiger charge is 2.26. The second-order valence-corrected chi connectivity index (χ2v) is 11.3. The fourth-order valence-corrected chi connectivity index (χ4v) is 5.50. The van der Waals surface area contributed by atoms with Gasteiger partial charge in [0.2, 0.25) is 0 Å². The number of ether oxygens (including phenoxy) is 2. The van der Waals surface area contributed by atoms with Gasteiger partial charge in [0.05, 0.1) is 25.3 Å². The first-order chi connectivity index (χ1) is 23.0. The molecule has 5 rings (SSSR count). The topological polar surface area (TPSA) is 155 Å². The molecule has 0 aliphatic rings. The molecule has 0 saturated carbocycles. The van der Waals surface area contributed by atoms with Crippen molar-refractivity contribution in [2.45, 2.75) is 39.0 Å². The number of para-hydroxylation sites is 2. The highest BCUT2D eigenvalue weighted by Crippen LogP contribution is 2.25. The van der Waals surface area contributed by atoms with Gasteiger partial charge in [-0.15, -0.1) is 0 Å². The number of Topliss-reactive ketones (excluding diaryl/α,β-unsaturated/α-hetero) is 2. The van der Waals surface area contributed by atoms with Crippen LogP contribution in [0.3, 0.4) is 0 Å². The number of ketones is 2. The maximum absolute atomic E-state index is 13.1. The summed E-state index contributed by atoms with van der Waals surface area (Å²) in [5.74, 6) is -4.64. The van der Waals surface area contributed by atoms with E-state index in [2.05, 4.69) is 20.1 Å². The molecule has 0 saturated heterocycles. The van der Waals surface area contributed by atoms with Crippen molar-refractivity contribution in [2.24, 2.45) is 0 Å². The normalized spacial score (nSPS) is 12.2. The Morgan fingerprint density at radius 3 is 1.29 bits per heavy atom. The number of esters is 2. The van der Waals surface area contributed by atoms with E-state index in [1.165, 1.54) is 28.1 Å². The summed E-state index contributed by atoms with van der Waals surface area (Å²) in [5, 5.41) is 5.99. The number of rotatable bonds is 12. The molecule has 0 bridgehead atoms.